The van der Waals surface area contributed by atoms with E-state index in [4.69, 9.17) is 10.2 Å². The van der Waals surface area contributed by atoms with Crippen LogP contribution in [0, 0.1) is 5.82 Å². The summed E-state index contributed by atoms with van der Waals surface area (Å²) < 4.78 is 18.6. The van der Waals surface area contributed by atoms with E-state index in [0.717, 1.165) is 0 Å². The number of carbonyl (C=O) groups is 1. The largest absolute Gasteiger partial charge is 0.467 e. The molecule has 1 aromatic carbocycles. The summed E-state index contributed by atoms with van der Waals surface area (Å²) in [7, 11) is 0. The van der Waals surface area contributed by atoms with E-state index in [-0.39, 0.29) is 24.3 Å². The van der Waals surface area contributed by atoms with Crippen molar-refractivity contribution in [1.29, 1.82) is 0 Å². The Morgan fingerprint density at radius 2 is 2.20 bits per heavy atom. The lowest BCUT2D eigenvalue weighted by molar-refractivity contribution is 0.0939. The summed E-state index contributed by atoms with van der Waals surface area (Å²) in [6, 6.07) is 7.95. The summed E-state index contributed by atoms with van der Waals surface area (Å²) >= 11 is 0. The molecule has 0 aliphatic heterocycles. The highest BCUT2D eigenvalue weighted by Crippen LogP contribution is 2.11. The highest BCUT2D eigenvalue weighted by Gasteiger charge is 2.14. The third kappa shape index (κ3) is 3.45. The quantitative estimate of drug-likeness (QED) is 0.880. The first-order chi connectivity index (χ1) is 9.60. The predicted octanol–water partition coefficient (Wildman–Crippen LogP) is 2.24. The molecular formula is C15H17FN2O2. The topological polar surface area (TPSA) is 68.3 Å². The molecule has 0 fully saturated rings. The Bertz CT molecular complexity index is 595. The van der Waals surface area contributed by atoms with Gasteiger partial charge in [-0.2, -0.15) is 0 Å². The minimum Gasteiger partial charge on any atom is -0.467 e. The molecule has 2 aromatic rings. The van der Waals surface area contributed by atoms with Crippen LogP contribution in [0.5, 0.6) is 0 Å². The summed E-state index contributed by atoms with van der Waals surface area (Å²) in [6.45, 7) is 2.08. The van der Waals surface area contributed by atoms with Crippen molar-refractivity contribution >= 4 is 5.91 Å². The van der Waals surface area contributed by atoms with Crippen molar-refractivity contribution in [3.63, 3.8) is 0 Å². The van der Waals surface area contributed by atoms with Gasteiger partial charge in [-0.15, -0.1) is 0 Å². The van der Waals surface area contributed by atoms with Crippen LogP contribution < -0.4 is 11.1 Å². The average Bonchev–Trinajstić information content (AvgIpc) is 2.90. The Kier molecular flexibility index (Phi) is 4.53. The van der Waals surface area contributed by atoms with Gasteiger partial charge in [-0.05, 0) is 31.0 Å². The molecule has 1 atom stereocenters. The fourth-order valence-electron chi connectivity index (χ4n) is 1.96. The number of benzene rings is 1. The molecule has 0 aliphatic carbocycles. The van der Waals surface area contributed by atoms with E-state index in [2.05, 4.69) is 5.32 Å². The number of hydrogen-bond acceptors (Lipinski definition) is 3. The zero-order valence-corrected chi connectivity index (χ0v) is 11.2. The summed E-state index contributed by atoms with van der Waals surface area (Å²) in [6.07, 6.45) is 1.80. The van der Waals surface area contributed by atoms with Gasteiger partial charge in [-0.25, -0.2) is 4.39 Å². The van der Waals surface area contributed by atoms with E-state index < -0.39 is 0 Å². The zero-order valence-electron chi connectivity index (χ0n) is 11.2. The number of amides is 1. The lowest BCUT2D eigenvalue weighted by Gasteiger charge is -2.13. The molecular weight excluding hydrogens is 259 g/mol. The minimum absolute atomic E-state index is 0.185. The van der Waals surface area contributed by atoms with Gasteiger partial charge in [0.25, 0.3) is 5.91 Å². The molecule has 0 saturated carbocycles. The Hall–Kier alpha value is -2.14. The molecule has 1 amide bonds. The van der Waals surface area contributed by atoms with Gasteiger partial charge in [0.1, 0.15) is 17.8 Å². The second-order valence-corrected chi connectivity index (χ2v) is 4.68. The van der Waals surface area contributed by atoms with Crippen LogP contribution in [0.3, 0.4) is 0 Å². The molecule has 1 unspecified atom stereocenters. The van der Waals surface area contributed by atoms with Gasteiger partial charge in [0.15, 0.2) is 0 Å². The van der Waals surface area contributed by atoms with Crippen molar-refractivity contribution in [1.82, 2.24) is 5.32 Å². The standard InChI is InChI=1S/C15H17FN2O2/c1-10(6-11-4-2-3-5-14(11)16)18-15(19)12-7-13(8-17)20-9-12/h2-5,7,9-10H,6,8,17H2,1H3,(H,18,19). The Morgan fingerprint density at radius 1 is 1.45 bits per heavy atom. The molecule has 3 N–H and O–H groups in total. The second kappa shape index (κ2) is 6.34. The molecule has 1 heterocycles. The van der Waals surface area contributed by atoms with Crippen molar-refractivity contribution in [2.75, 3.05) is 0 Å². The van der Waals surface area contributed by atoms with Crippen LogP contribution in [0.4, 0.5) is 4.39 Å². The van der Waals surface area contributed by atoms with E-state index >= 15 is 0 Å². The summed E-state index contributed by atoms with van der Waals surface area (Å²) in [5.74, 6) is 0.0384. The maximum atomic E-state index is 13.5. The van der Waals surface area contributed by atoms with Crippen LogP contribution in [0.15, 0.2) is 41.0 Å². The first-order valence-corrected chi connectivity index (χ1v) is 6.42. The fourth-order valence-corrected chi connectivity index (χ4v) is 1.96. The van der Waals surface area contributed by atoms with Crippen molar-refractivity contribution in [3.8, 4) is 0 Å². The molecule has 0 radical (unpaired) electrons. The minimum atomic E-state index is -0.262. The average molecular weight is 276 g/mol. The number of rotatable bonds is 5. The van der Waals surface area contributed by atoms with E-state index in [1.165, 1.54) is 12.3 Å². The molecule has 4 nitrogen and oxygen atoms in total. The summed E-state index contributed by atoms with van der Waals surface area (Å²) in [5, 5.41) is 2.80. The van der Waals surface area contributed by atoms with E-state index in [1.807, 2.05) is 6.92 Å². The van der Waals surface area contributed by atoms with Gasteiger partial charge in [0, 0.05) is 6.04 Å². The summed E-state index contributed by atoms with van der Waals surface area (Å²) in [4.78, 5) is 12.0. The summed E-state index contributed by atoms with van der Waals surface area (Å²) in [5.41, 5.74) is 6.42. The number of nitrogens with two attached hydrogens (primary N) is 1. The second-order valence-electron chi connectivity index (χ2n) is 4.68. The molecule has 0 bridgehead atoms. The van der Waals surface area contributed by atoms with Crippen LogP contribution >= 0.6 is 0 Å². The van der Waals surface area contributed by atoms with Crippen LogP contribution in [-0.2, 0) is 13.0 Å². The number of halogens is 1. The van der Waals surface area contributed by atoms with Gasteiger partial charge in [-0.1, -0.05) is 18.2 Å². The van der Waals surface area contributed by atoms with Gasteiger partial charge in [0.05, 0.1) is 12.1 Å². The monoisotopic (exact) mass is 276 g/mol. The number of hydrogen-bond donors (Lipinski definition) is 2. The number of nitrogens with one attached hydrogen (secondary N) is 1. The van der Waals surface area contributed by atoms with Crippen LogP contribution in [0.1, 0.15) is 28.6 Å². The van der Waals surface area contributed by atoms with E-state index in [1.54, 1.807) is 24.3 Å². The fraction of sp³-hybridized carbons (Fsp3) is 0.267. The molecule has 5 heteroatoms. The van der Waals surface area contributed by atoms with Crippen molar-refractivity contribution in [2.24, 2.45) is 5.73 Å². The van der Waals surface area contributed by atoms with Crippen molar-refractivity contribution in [3.05, 3.63) is 59.3 Å². The Morgan fingerprint density at radius 3 is 2.85 bits per heavy atom. The molecule has 106 valence electrons. The lowest BCUT2D eigenvalue weighted by Crippen LogP contribution is -2.34. The number of carbonyl (C=O) groups excluding carboxylic acids is 1. The first-order valence-electron chi connectivity index (χ1n) is 6.42. The van der Waals surface area contributed by atoms with E-state index in [0.29, 0.717) is 23.3 Å². The van der Waals surface area contributed by atoms with Gasteiger partial charge < -0.3 is 15.5 Å². The molecule has 20 heavy (non-hydrogen) atoms. The van der Waals surface area contributed by atoms with Gasteiger partial charge >= 0.3 is 0 Å². The Labute approximate surface area is 116 Å². The normalized spacial score (nSPS) is 12.2. The van der Waals surface area contributed by atoms with Gasteiger partial charge in [0.2, 0.25) is 0 Å². The highest BCUT2D eigenvalue weighted by molar-refractivity contribution is 5.94. The first kappa shape index (κ1) is 14.3. The maximum absolute atomic E-state index is 13.5. The molecule has 2 rings (SSSR count). The van der Waals surface area contributed by atoms with Crippen molar-refractivity contribution < 1.29 is 13.6 Å². The zero-order chi connectivity index (χ0) is 14.5. The third-order valence-corrected chi connectivity index (χ3v) is 2.98. The highest BCUT2D eigenvalue weighted by atomic mass is 19.1. The Balaban J connectivity index is 1.96. The smallest absolute Gasteiger partial charge is 0.254 e. The van der Waals surface area contributed by atoms with Crippen molar-refractivity contribution in [2.45, 2.75) is 25.9 Å². The molecule has 0 spiro atoms. The molecule has 0 saturated heterocycles. The van der Waals surface area contributed by atoms with Crippen LogP contribution in [-0.4, -0.2) is 11.9 Å². The predicted molar refractivity (Wildman–Crippen MR) is 73.6 cm³/mol. The van der Waals surface area contributed by atoms with Crippen LogP contribution in [0.2, 0.25) is 0 Å². The third-order valence-electron chi connectivity index (χ3n) is 2.98. The lowest BCUT2D eigenvalue weighted by atomic mass is 10.1. The SMILES string of the molecule is CC(Cc1ccccc1F)NC(=O)c1coc(CN)c1. The molecule has 1 aromatic heterocycles. The van der Waals surface area contributed by atoms with E-state index in [9.17, 15) is 9.18 Å². The van der Waals surface area contributed by atoms with Crippen LogP contribution in [0.25, 0.3) is 0 Å². The van der Waals surface area contributed by atoms with Gasteiger partial charge in [-0.3, -0.25) is 4.79 Å². The molecule has 0 aliphatic rings. The number of furan rings is 1. The maximum Gasteiger partial charge on any atom is 0.254 e.